The molecule has 0 spiro atoms. The highest BCUT2D eigenvalue weighted by molar-refractivity contribution is 5.70. The normalized spacial score (nSPS) is 13.8. The van der Waals surface area contributed by atoms with E-state index in [9.17, 15) is 4.79 Å². The SMILES string of the molecule is CCC[C@@H](CC(=O)OCC)N[C@H](C)c1ccccc1. The van der Waals surface area contributed by atoms with Crippen molar-refractivity contribution in [2.75, 3.05) is 6.61 Å². The first-order chi connectivity index (χ1) is 9.17. The highest BCUT2D eigenvalue weighted by Crippen LogP contribution is 2.15. The molecule has 0 aliphatic carbocycles. The molecule has 0 saturated carbocycles. The molecule has 0 bridgehead atoms. The number of benzene rings is 1. The number of nitrogens with one attached hydrogen (secondary N) is 1. The lowest BCUT2D eigenvalue weighted by Gasteiger charge is -2.22. The number of hydrogen-bond acceptors (Lipinski definition) is 3. The number of carbonyl (C=O) groups is 1. The molecular weight excluding hydrogens is 238 g/mol. The standard InChI is InChI=1S/C16H25NO2/c1-4-9-15(12-16(18)19-5-2)17-13(3)14-10-7-6-8-11-14/h6-8,10-11,13,15,17H,4-5,9,12H2,1-3H3/t13-,15+/m1/s1. The Hall–Kier alpha value is -1.35. The number of esters is 1. The topological polar surface area (TPSA) is 38.3 Å². The third-order valence-electron chi connectivity index (χ3n) is 3.14. The van der Waals surface area contributed by atoms with Crippen LogP contribution in [-0.4, -0.2) is 18.6 Å². The van der Waals surface area contributed by atoms with Crippen LogP contribution in [0.4, 0.5) is 0 Å². The molecule has 1 aromatic rings. The number of hydrogen-bond donors (Lipinski definition) is 1. The largest absolute Gasteiger partial charge is 0.466 e. The highest BCUT2D eigenvalue weighted by atomic mass is 16.5. The van der Waals surface area contributed by atoms with E-state index >= 15 is 0 Å². The van der Waals surface area contributed by atoms with Crippen molar-refractivity contribution in [2.45, 2.75) is 52.1 Å². The molecule has 0 fully saturated rings. The summed E-state index contributed by atoms with van der Waals surface area (Å²) in [6.45, 7) is 6.55. The second-order valence-electron chi connectivity index (χ2n) is 4.79. The smallest absolute Gasteiger partial charge is 0.307 e. The van der Waals surface area contributed by atoms with E-state index < -0.39 is 0 Å². The van der Waals surface area contributed by atoms with Gasteiger partial charge in [-0.3, -0.25) is 4.79 Å². The van der Waals surface area contributed by atoms with Crippen LogP contribution in [0.15, 0.2) is 30.3 Å². The van der Waals surface area contributed by atoms with Crippen molar-refractivity contribution in [1.82, 2.24) is 5.32 Å². The fourth-order valence-electron chi connectivity index (χ4n) is 2.21. The Bertz CT molecular complexity index is 364. The first-order valence-corrected chi connectivity index (χ1v) is 7.14. The molecule has 1 rings (SSSR count). The molecule has 3 nitrogen and oxygen atoms in total. The van der Waals surface area contributed by atoms with E-state index in [-0.39, 0.29) is 18.1 Å². The molecule has 1 aromatic carbocycles. The molecular formula is C16H25NO2. The van der Waals surface area contributed by atoms with Crippen LogP contribution in [0.2, 0.25) is 0 Å². The van der Waals surface area contributed by atoms with Crippen LogP contribution in [0.5, 0.6) is 0 Å². The molecule has 0 amide bonds. The molecule has 19 heavy (non-hydrogen) atoms. The van der Waals surface area contributed by atoms with Crippen molar-refractivity contribution in [3.63, 3.8) is 0 Å². The van der Waals surface area contributed by atoms with Crippen molar-refractivity contribution in [2.24, 2.45) is 0 Å². The van der Waals surface area contributed by atoms with Gasteiger partial charge in [0.25, 0.3) is 0 Å². The van der Waals surface area contributed by atoms with E-state index in [4.69, 9.17) is 4.74 Å². The second-order valence-corrected chi connectivity index (χ2v) is 4.79. The molecule has 0 unspecified atom stereocenters. The fourth-order valence-corrected chi connectivity index (χ4v) is 2.21. The zero-order valence-corrected chi connectivity index (χ0v) is 12.2. The fraction of sp³-hybridized carbons (Fsp3) is 0.562. The maximum Gasteiger partial charge on any atom is 0.307 e. The molecule has 0 saturated heterocycles. The van der Waals surface area contributed by atoms with E-state index in [1.807, 2.05) is 25.1 Å². The van der Waals surface area contributed by atoms with Gasteiger partial charge in [-0.1, -0.05) is 43.7 Å². The minimum Gasteiger partial charge on any atom is -0.466 e. The summed E-state index contributed by atoms with van der Waals surface area (Å²) >= 11 is 0. The number of ether oxygens (including phenoxy) is 1. The quantitative estimate of drug-likeness (QED) is 0.730. The summed E-state index contributed by atoms with van der Waals surface area (Å²) in [7, 11) is 0. The van der Waals surface area contributed by atoms with Crippen molar-refractivity contribution < 1.29 is 9.53 Å². The minimum atomic E-state index is -0.117. The molecule has 2 atom stereocenters. The lowest BCUT2D eigenvalue weighted by molar-refractivity contribution is -0.143. The average Bonchev–Trinajstić information content (AvgIpc) is 2.40. The summed E-state index contributed by atoms with van der Waals surface area (Å²) in [4.78, 5) is 11.6. The molecule has 0 heterocycles. The van der Waals surface area contributed by atoms with Crippen LogP contribution in [-0.2, 0) is 9.53 Å². The molecule has 0 radical (unpaired) electrons. The van der Waals surface area contributed by atoms with E-state index in [2.05, 4.69) is 31.3 Å². The molecule has 0 aromatic heterocycles. The zero-order chi connectivity index (χ0) is 14.1. The van der Waals surface area contributed by atoms with E-state index in [1.165, 1.54) is 5.56 Å². The van der Waals surface area contributed by atoms with Crippen LogP contribution in [0, 0.1) is 0 Å². The second kappa shape index (κ2) is 8.70. The van der Waals surface area contributed by atoms with Gasteiger partial charge in [-0.15, -0.1) is 0 Å². The van der Waals surface area contributed by atoms with Crippen LogP contribution in [0.3, 0.4) is 0 Å². The molecule has 106 valence electrons. The Balaban J connectivity index is 2.55. The highest BCUT2D eigenvalue weighted by Gasteiger charge is 2.16. The van der Waals surface area contributed by atoms with Crippen LogP contribution in [0.1, 0.15) is 51.6 Å². The van der Waals surface area contributed by atoms with Gasteiger partial charge >= 0.3 is 5.97 Å². The summed E-state index contributed by atoms with van der Waals surface area (Å²) in [6, 6.07) is 10.7. The van der Waals surface area contributed by atoms with Crippen LogP contribution < -0.4 is 5.32 Å². The first-order valence-electron chi connectivity index (χ1n) is 7.14. The van der Waals surface area contributed by atoms with Crippen molar-refractivity contribution >= 4 is 5.97 Å². The van der Waals surface area contributed by atoms with Gasteiger partial charge in [0.05, 0.1) is 13.0 Å². The molecule has 0 aliphatic heterocycles. The van der Waals surface area contributed by atoms with Gasteiger partial charge < -0.3 is 10.1 Å². The third kappa shape index (κ3) is 5.88. The minimum absolute atomic E-state index is 0.117. The van der Waals surface area contributed by atoms with Gasteiger partial charge in [0.2, 0.25) is 0 Å². The van der Waals surface area contributed by atoms with Crippen molar-refractivity contribution in [1.29, 1.82) is 0 Å². The van der Waals surface area contributed by atoms with E-state index in [0.29, 0.717) is 13.0 Å². The van der Waals surface area contributed by atoms with Gasteiger partial charge in [0.1, 0.15) is 0 Å². The van der Waals surface area contributed by atoms with Crippen LogP contribution >= 0.6 is 0 Å². The molecule has 0 aliphatic rings. The van der Waals surface area contributed by atoms with E-state index in [0.717, 1.165) is 12.8 Å². The monoisotopic (exact) mass is 263 g/mol. The van der Waals surface area contributed by atoms with Crippen molar-refractivity contribution in [3.8, 4) is 0 Å². The first kappa shape index (κ1) is 15.7. The predicted octanol–water partition coefficient (Wildman–Crippen LogP) is 3.46. The summed E-state index contributed by atoms with van der Waals surface area (Å²) in [5.41, 5.74) is 1.24. The van der Waals surface area contributed by atoms with Gasteiger partial charge in [0, 0.05) is 12.1 Å². The van der Waals surface area contributed by atoms with Gasteiger partial charge in [-0.25, -0.2) is 0 Å². The Morgan fingerprint density at radius 2 is 1.95 bits per heavy atom. The average molecular weight is 263 g/mol. The van der Waals surface area contributed by atoms with Gasteiger partial charge in [-0.2, -0.15) is 0 Å². The molecule has 3 heteroatoms. The summed E-state index contributed by atoms with van der Waals surface area (Å²) in [5, 5.41) is 3.52. The van der Waals surface area contributed by atoms with E-state index in [1.54, 1.807) is 0 Å². The Labute approximate surface area is 116 Å². The zero-order valence-electron chi connectivity index (χ0n) is 12.2. The maximum atomic E-state index is 11.6. The lowest BCUT2D eigenvalue weighted by atomic mass is 10.0. The predicted molar refractivity (Wildman–Crippen MR) is 77.9 cm³/mol. The summed E-state index contributed by atoms with van der Waals surface area (Å²) in [5.74, 6) is -0.117. The lowest BCUT2D eigenvalue weighted by Crippen LogP contribution is -2.34. The Morgan fingerprint density at radius 1 is 1.26 bits per heavy atom. The summed E-state index contributed by atoms with van der Waals surface area (Å²) in [6.07, 6.45) is 2.48. The van der Waals surface area contributed by atoms with Gasteiger partial charge in [0.15, 0.2) is 0 Å². The van der Waals surface area contributed by atoms with Crippen LogP contribution in [0.25, 0.3) is 0 Å². The Morgan fingerprint density at radius 3 is 2.53 bits per heavy atom. The Kier molecular flexibility index (Phi) is 7.19. The maximum absolute atomic E-state index is 11.6. The summed E-state index contributed by atoms with van der Waals surface area (Å²) < 4.78 is 5.03. The number of carbonyl (C=O) groups excluding carboxylic acids is 1. The third-order valence-corrected chi connectivity index (χ3v) is 3.14. The van der Waals surface area contributed by atoms with Gasteiger partial charge in [-0.05, 0) is 25.8 Å². The molecule has 1 N–H and O–H groups in total. The van der Waals surface area contributed by atoms with Crippen molar-refractivity contribution in [3.05, 3.63) is 35.9 Å². The number of rotatable bonds is 8.